The van der Waals surface area contributed by atoms with Crippen molar-refractivity contribution in [3.05, 3.63) is 35.4 Å². The highest BCUT2D eigenvalue weighted by molar-refractivity contribution is 7.93. The van der Waals surface area contributed by atoms with Gasteiger partial charge in [-0.25, -0.2) is 8.42 Å². The van der Waals surface area contributed by atoms with E-state index in [4.69, 9.17) is 0 Å². The Hall–Kier alpha value is -1.44. The summed E-state index contributed by atoms with van der Waals surface area (Å²) in [6.45, 7) is 7.54. The molecule has 0 aromatic heterocycles. The lowest BCUT2D eigenvalue weighted by molar-refractivity contribution is 0.0391. The number of carbonyl (C=O) groups excluding carboxylic acids is 1. The van der Waals surface area contributed by atoms with E-state index in [0.717, 1.165) is 44.7 Å². The average Bonchev–Trinajstić information content (AvgIpc) is 2.85. The molecule has 7 heteroatoms. The molecule has 27 heavy (non-hydrogen) atoms. The summed E-state index contributed by atoms with van der Waals surface area (Å²) in [4.78, 5) is 19.2. The van der Waals surface area contributed by atoms with Gasteiger partial charge in [0.2, 0.25) is 0 Å². The molecule has 6 nitrogen and oxygen atoms in total. The van der Waals surface area contributed by atoms with Crippen LogP contribution in [0, 0.1) is 12.8 Å². The van der Waals surface area contributed by atoms with Gasteiger partial charge in [0.15, 0.2) is 9.84 Å². The third kappa shape index (κ3) is 3.30. The SMILES string of the molecule is Cc1cccc(C(=O)N2CC3(C2)C(CN2CCN(C)CC2)CCS3(=O)=O)c1. The minimum absolute atomic E-state index is 0.0511. The van der Waals surface area contributed by atoms with Gasteiger partial charge in [0.1, 0.15) is 4.75 Å². The zero-order chi connectivity index (χ0) is 19.2. The number of benzene rings is 1. The molecule has 1 aromatic rings. The maximum absolute atomic E-state index is 12.9. The molecule has 4 rings (SSSR count). The van der Waals surface area contributed by atoms with Crippen LogP contribution >= 0.6 is 0 Å². The second-order valence-corrected chi connectivity index (χ2v) is 11.0. The van der Waals surface area contributed by atoms with Crippen LogP contribution in [0.3, 0.4) is 0 Å². The van der Waals surface area contributed by atoms with Crippen molar-refractivity contribution in [2.24, 2.45) is 5.92 Å². The van der Waals surface area contributed by atoms with Crippen molar-refractivity contribution in [3.63, 3.8) is 0 Å². The number of hydrogen-bond donors (Lipinski definition) is 0. The van der Waals surface area contributed by atoms with Gasteiger partial charge < -0.3 is 14.7 Å². The van der Waals surface area contributed by atoms with Crippen molar-refractivity contribution in [1.82, 2.24) is 14.7 Å². The van der Waals surface area contributed by atoms with Crippen LogP contribution in [-0.4, -0.2) is 92.4 Å². The minimum atomic E-state index is -3.15. The average molecular weight is 392 g/mol. The number of nitrogens with zero attached hydrogens (tertiary/aromatic N) is 3. The van der Waals surface area contributed by atoms with Crippen molar-refractivity contribution >= 4 is 15.7 Å². The fourth-order valence-electron chi connectivity index (χ4n) is 4.78. The van der Waals surface area contributed by atoms with Crippen LogP contribution in [0.15, 0.2) is 24.3 Å². The van der Waals surface area contributed by atoms with Crippen LogP contribution in [0.4, 0.5) is 0 Å². The molecular formula is C20H29N3O3S. The molecule has 148 valence electrons. The molecule has 1 atom stereocenters. The van der Waals surface area contributed by atoms with Gasteiger partial charge in [0.05, 0.1) is 5.75 Å². The molecule has 1 amide bonds. The van der Waals surface area contributed by atoms with Gasteiger partial charge in [-0.15, -0.1) is 0 Å². The summed E-state index contributed by atoms with van der Waals surface area (Å²) in [6.07, 6.45) is 0.723. The smallest absolute Gasteiger partial charge is 0.253 e. The van der Waals surface area contributed by atoms with Crippen molar-refractivity contribution in [2.75, 3.05) is 58.6 Å². The van der Waals surface area contributed by atoms with Gasteiger partial charge in [0, 0.05) is 51.4 Å². The van der Waals surface area contributed by atoms with E-state index < -0.39 is 14.6 Å². The minimum Gasteiger partial charge on any atom is -0.335 e. The van der Waals surface area contributed by atoms with Gasteiger partial charge >= 0.3 is 0 Å². The summed E-state index contributed by atoms with van der Waals surface area (Å²) < 4.78 is 25.0. The highest BCUT2D eigenvalue weighted by atomic mass is 32.2. The lowest BCUT2D eigenvalue weighted by Gasteiger charge is -2.51. The zero-order valence-corrected chi connectivity index (χ0v) is 17.0. The molecule has 3 fully saturated rings. The monoisotopic (exact) mass is 391 g/mol. The Morgan fingerprint density at radius 1 is 1.19 bits per heavy atom. The lowest BCUT2D eigenvalue weighted by Crippen LogP contribution is -2.69. The molecule has 1 spiro atoms. The van der Waals surface area contributed by atoms with Crippen molar-refractivity contribution < 1.29 is 13.2 Å². The van der Waals surface area contributed by atoms with Gasteiger partial charge in [-0.2, -0.15) is 0 Å². The normalized spacial score (nSPS) is 27.6. The summed E-state index contributed by atoms with van der Waals surface area (Å²) in [5.74, 6) is 0.343. The Labute approximate surface area is 162 Å². The van der Waals surface area contributed by atoms with Gasteiger partial charge in [-0.1, -0.05) is 17.7 Å². The van der Waals surface area contributed by atoms with Gasteiger partial charge in [-0.05, 0) is 38.4 Å². The number of carbonyl (C=O) groups is 1. The number of likely N-dealkylation sites (tertiary alicyclic amines) is 1. The van der Waals surface area contributed by atoms with Crippen LogP contribution < -0.4 is 0 Å². The predicted octanol–water partition coefficient (Wildman–Crippen LogP) is 0.872. The van der Waals surface area contributed by atoms with Crippen LogP contribution in [0.1, 0.15) is 22.3 Å². The highest BCUT2D eigenvalue weighted by Gasteiger charge is 2.62. The van der Waals surface area contributed by atoms with E-state index in [2.05, 4.69) is 16.8 Å². The van der Waals surface area contributed by atoms with Crippen LogP contribution in [0.25, 0.3) is 0 Å². The number of rotatable bonds is 3. The van der Waals surface area contributed by atoms with E-state index >= 15 is 0 Å². The summed E-state index contributed by atoms with van der Waals surface area (Å²) in [5, 5.41) is 0. The van der Waals surface area contributed by atoms with Crippen LogP contribution in [0.2, 0.25) is 0 Å². The Morgan fingerprint density at radius 3 is 2.56 bits per heavy atom. The van der Waals surface area contributed by atoms with E-state index in [-0.39, 0.29) is 17.6 Å². The Kier molecular flexibility index (Phi) is 4.81. The molecule has 3 saturated heterocycles. The lowest BCUT2D eigenvalue weighted by atomic mass is 9.82. The summed E-state index contributed by atoms with van der Waals surface area (Å²) >= 11 is 0. The second-order valence-electron chi connectivity index (χ2n) is 8.50. The molecule has 0 aliphatic carbocycles. The van der Waals surface area contributed by atoms with E-state index in [0.29, 0.717) is 18.7 Å². The molecule has 1 aromatic carbocycles. The maximum Gasteiger partial charge on any atom is 0.253 e. The van der Waals surface area contributed by atoms with E-state index in [9.17, 15) is 13.2 Å². The van der Waals surface area contributed by atoms with Gasteiger partial charge in [-0.3, -0.25) is 4.79 Å². The fourth-order valence-corrected chi connectivity index (χ4v) is 7.18. The molecule has 3 heterocycles. The number of piperazine rings is 1. The Balaban J connectivity index is 1.46. The van der Waals surface area contributed by atoms with Crippen LogP contribution in [0.5, 0.6) is 0 Å². The number of sulfone groups is 1. The first kappa shape index (κ1) is 18.9. The Bertz CT molecular complexity index is 825. The zero-order valence-electron chi connectivity index (χ0n) is 16.2. The summed E-state index contributed by atoms with van der Waals surface area (Å²) in [6, 6.07) is 7.52. The Morgan fingerprint density at radius 2 is 1.89 bits per heavy atom. The first-order valence-corrected chi connectivity index (χ1v) is 11.5. The molecule has 1 unspecified atom stereocenters. The van der Waals surface area contributed by atoms with Crippen molar-refractivity contribution in [2.45, 2.75) is 18.1 Å². The first-order valence-electron chi connectivity index (χ1n) is 9.80. The number of aryl methyl sites for hydroxylation is 1. The molecule has 0 saturated carbocycles. The van der Waals surface area contributed by atoms with Crippen LogP contribution in [-0.2, 0) is 9.84 Å². The predicted molar refractivity (Wildman–Crippen MR) is 106 cm³/mol. The van der Waals surface area contributed by atoms with Crippen molar-refractivity contribution in [3.8, 4) is 0 Å². The van der Waals surface area contributed by atoms with E-state index in [1.54, 1.807) is 4.90 Å². The molecule has 3 aliphatic rings. The maximum atomic E-state index is 12.9. The summed E-state index contributed by atoms with van der Waals surface area (Å²) in [7, 11) is -1.02. The summed E-state index contributed by atoms with van der Waals surface area (Å²) in [5.41, 5.74) is 1.69. The third-order valence-corrected chi connectivity index (χ3v) is 9.25. The number of likely N-dealkylation sites (N-methyl/N-ethyl adjacent to an activating group) is 1. The molecular weight excluding hydrogens is 362 g/mol. The van der Waals surface area contributed by atoms with E-state index in [1.165, 1.54) is 0 Å². The van der Waals surface area contributed by atoms with Gasteiger partial charge in [0.25, 0.3) is 5.91 Å². The molecule has 0 N–H and O–H groups in total. The molecule has 3 aliphatic heterocycles. The number of hydrogen-bond acceptors (Lipinski definition) is 5. The fraction of sp³-hybridized carbons (Fsp3) is 0.650. The quantitative estimate of drug-likeness (QED) is 0.765. The van der Waals surface area contributed by atoms with E-state index in [1.807, 2.05) is 31.2 Å². The largest absolute Gasteiger partial charge is 0.335 e. The van der Waals surface area contributed by atoms with Crippen molar-refractivity contribution in [1.29, 1.82) is 0 Å². The standard InChI is InChI=1S/C20H29N3O3S/c1-16-4-3-5-17(12-16)19(24)23-14-20(15-23)18(6-11-27(20,25)26)13-22-9-7-21(2)8-10-22/h3-5,12,18H,6-11,13-15H2,1-2H3. The third-order valence-electron chi connectivity index (χ3n) is 6.64. The number of amides is 1. The molecule has 0 radical (unpaired) electrons. The highest BCUT2D eigenvalue weighted by Crippen LogP contribution is 2.45. The molecule has 0 bridgehead atoms. The second kappa shape index (κ2) is 6.87. The first-order chi connectivity index (χ1) is 12.8. The topological polar surface area (TPSA) is 60.9 Å².